The third kappa shape index (κ3) is 6.80. The molecule has 1 aliphatic heterocycles. The number of hydrogen-bond acceptors (Lipinski definition) is 9. The topological polar surface area (TPSA) is 164 Å². The molecule has 12 nitrogen and oxygen atoms in total. The number of methoxy groups -OCH3 is 2. The molecule has 0 fully saturated rings. The van der Waals surface area contributed by atoms with Crippen molar-refractivity contribution < 1.29 is 43.6 Å². The third-order valence-corrected chi connectivity index (χ3v) is 7.08. The van der Waals surface area contributed by atoms with E-state index in [0.717, 1.165) is 10.5 Å². The highest BCUT2D eigenvalue weighted by Gasteiger charge is 2.34. The fourth-order valence-corrected chi connectivity index (χ4v) is 4.85. The number of nitrogens with one attached hydrogen (secondary N) is 2. The lowest BCUT2D eigenvalue weighted by Gasteiger charge is -2.29. The first-order valence-electron chi connectivity index (χ1n) is 13.4. The molecule has 12 heteroatoms. The highest BCUT2D eigenvalue weighted by Crippen LogP contribution is 2.43. The Bertz CT molecular complexity index is 1530. The van der Waals surface area contributed by atoms with E-state index in [0.29, 0.717) is 5.56 Å². The summed E-state index contributed by atoms with van der Waals surface area (Å²) in [6, 6.07) is 12.6. The van der Waals surface area contributed by atoms with Crippen LogP contribution in [0.2, 0.25) is 0 Å². The van der Waals surface area contributed by atoms with E-state index in [-0.39, 0.29) is 47.0 Å². The van der Waals surface area contributed by atoms with Crippen molar-refractivity contribution in [2.45, 2.75) is 38.1 Å². The zero-order chi connectivity index (χ0) is 31.3. The predicted molar refractivity (Wildman–Crippen MR) is 154 cm³/mol. The molecule has 0 saturated carbocycles. The summed E-state index contributed by atoms with van der Waals surface area (Å²) in [5.41, 5.74) is 1.85. The Morgan fingerprint density at radius 2 is 1.65 bits per heavy atom. The van der Waals surface area contributed by atoms with Crippen LogP contribution in [0.4, 0.5) is 4.79 Å². The minimum absolute atomic E-state index is 0.0206. The van der Waals surface area contributed by atoms with E-state index in [1.54, 1.807) is 30.3 Å². The number of rotatable bonds is 5. The maximum Gasteiger partial charge on any atom is 0.410 e. The third-order valence-electron chi connectivity index (χ3n) is 7.08. The molecular formula is C31H33N3O9. The van der Waals surface area contributed by atoms with Crippen LogP contribution >= 0.6 is 0 Å². The van der Waals surface area contributed by atoms with Gasteiger partial charge in [-0.1, -0.05) is 36.4 Å². The molecule has 0 saturated heterocycles. The van der Waals surface area contributed by atoms with Crippen LogP contribution in [0.25, 0.3) is 11.1 Å². The molecule has 0 radical (unpaired) electrons. The lowest BCUT2D eigenvalue weighted by Crippen LogP contribution is -2.53. The molecule has 0 aliphatic carbocycles. The van der Waals surface area contributed by atoms with Crippen LogP contribution in [0.15, 0.2) is 60.7 Å². The van der Waals surface area contributed by atoms with Gasteiger partial charge in [-0.25, -0.2) is 9.59 Å². The largest absolute Gasteiger partial charge is 0.507 e. The van der Waals surface area contributed by atoms with Crippen molar-refractivity contribution in [2.24, 2.45) is 0 Å². The summed E-state index contributed by atoms with van der Waals surface area (Å²) in [7, 11) is 3.88. The molecule has 43 heavy (non-hydrogen) atoms. The highest BCUT2D eigenvalue weighted by molar-refractivity contribution is 5.94. The summed E-state index contributed by atoms with van der Waals surface area (Å²) in [6.45, 7) is 1.38. The zero-order valence-electron chi connectivity index (χ0n) is 24.1. The second kappa shape index (κ2) is 13.1. The monoisotopic (exact) mass is 591 g/mol. The Morgan fingerprint density at radius 1 is 0.930 bits per heavy atom. The molecule has 4 N–H and O–H groups in total. The first kappa shape index (κ1) is 30.7. The lowest BCUT2D eigenvalue weighted by molar-refractivity contribution is -0.145. The van der Waals surface area contributed by atoms with E-state index in [2.05, 4.69) is 10.6 Å². The summed E-state index contributed by atoms with van der Waals surface area (Å²) in [4.78, 5) is 53.7. The number of carbonyl (C=O) groups is 4. The van der Waals surface area contributed by atoms with Gasteiger partial charge in [0.25, 0.3) is 0 Å². The average molecular weight is 592 g/mol. The van der Waals surface area contributed by atoms with Crippen molar-refractivity contribution in [3.05, 3.63) is 77.4 Å². The Kier molecular flexibility index (Phi) is 9.39. The zero-order valence-corrected chi connectivity index (χ0v) is 24.1. The van der Waals surface area contributed by atoms with Crippen LogP contribution in [-0.4, -0.2) is 72.3 Å². The Balaban J connectivity index is 1.83. The fourth-order valence-electron chi connectivity index (χ4n) is 4.85. The van der Waals surface area contributed by atoms with Gasteiger partial charge in [0.05, 0.1) is 14.2 Å². The van der Waals surface area contributed by atoms with Crippen molar-refractivity contribution in [1.82, 2.24) is 15.5 Å². The minimum Gasteiger partial charge on any atom is -0.507 e. The van der Waals surface area contributed by atoms with Gasteiger partial charge in [-0.05, 0) is 47.9 Å². The first-order chi connectivity index (χ1) is 20.5. The summed E-state index contributed by atoms with van der Waals surface area (Å²) < 4.78 is 15.8. The molecule has 0 unspecified atom stereocenters. The van der Waals surface area contributed by atoms with E-state index in [1.807, 2.05) is 6.07 Å². The molecule has 3 aromatic rings. The molecule has 4 bridgehead atoms. The second-order valence-electron chi connectivity index (χ2n) is 10.0. The van der Waals surface area contributed by atoms with Crippen molar-refractivity contribution in [3.63, 3.8) is 0 Å². The van der Waals surface area contributed by atoms with Crippen LogP contribution in [0.3, 0.4) is 0 Å². The van der Waals surface area contributed by atoms with Gasteiger partial charge in [0.15, 0.2) is 11.5 Å². The summed E-state index contributed by atoms with van der Waals surface area (Å²) >= 11 is 0. The number of benzene rings is 3. The predicted octanol–water partition coefficient (Wildman–Crippen LogP) is 2.80. The number of fused-ring (bicyclic) bond motifs is 5. The van der Waals surface area contributed by atoms with E-state index in [4.69, 9.17) is 14.2 Å². The van der Waals surface area contributed by atoms with Crippen LogP contribution in [0, 0.1) is 0 Å². The van der Waals surface area contributed by atoms with E-state index < -0.39 is 42.0 Å². The number of likely N-dealkylation sites (N-methyl/N-ethyl adjacent to an activating group) is 1. The van der Waals surface area contributed by atoms with Gasteiger partial charge in [-0.2, -0.15) is 0 Å². The number of esters is 1. The smallest absolute Gasteiger partial charge is 0.410 e. The van der Waals surface area contributed by atoms with Gasteiger partial charge in [-0.15, -0.1) is 0 Å². The van der Waals surface area contributed by atoms with Gasteiger partial charge < -0.3 is 35.1 Å². The van der Waals surface area contributed by atoms with Crippen molar-refractivity contribution >= 4 is 23.9 Å². The first-order valence-corrected chi connectivity index (χ1v) is 13.4. The molecule has 0 spiro atoms. The summed E-state index contributed by atoms with van der Waals surface area (Å²) in [6.07, 6.45) is -0.900. The number of nitrogens with zero attached hydrogens (tertiary/aromatic N) is 1. The molecule has 1 aliphatic rings. The number of amides is 3. The fraction of sp³-hybridized carbons (Fsp3) is 0.290. The summed E-state index contributed by atoms with van der Waals surface area (Å²) in [5, 5.41) is 26.9. The van der Waals surface area contributed by atoms with Gasteiger partial charge in [0, 0.05) is 24.6 Å². The SMILES string of the molecule is COC(=O)[C@@H]1Cc2cc(O)c(OC)c(c2)-c2cc(ccc2O)[C@H](N(C)C(=O)OCc2ccccc2)C(=O)N[C@@H](C)C(=O)N1. The number of carbonyl (C=O) groups excluding carboxylic acids is 4. The van der Waals surface area contributed by atoms with Crippen LogP contribution in [-0.2, 0) is 36.9 Å². The van der Waals surface area contributed by atoms with Gasteiger partial charge in [-0.3, -0.25) is 14.5 Å². The number of phenols is 2. The standard InChI is InChI=1S/C31H33N3O9/c1-17-28(37)33-23(30(39)42-4)13-19-12-22(27(41-3)25(36)14-19)21-15-20(10-11-24(21)35)26(29(38)32-17)34(2)31(40)43-16-18-8-6-5-7-9-18/h5-12,14-15,17,23,26,35-36H,13,16H2,1-4H3,(H,32,38)(H,33,37)/t17-,23-,26-/m0/s1. The normalized spacial score (nSPS) is 18.4. The van der Waals surface area contributed by atoms with Crippen LogP contribution in [0.1, 0.15) is 29.7 Å². The quantitative estimate of drug-likeness (QED) is 0.327. The van der Waals surface area contributed by atoms with Crippen molar-refractivity contribution in [1.29, 1.82) is 0 Å². The molecule has 3 amide bonds. The van der Waals surface area contributed by atoms with E-state index >= 15 is 0 Å². The van der Waals surface area contributed by atoms with Crippen molar-refractivity contribution in [2.75, 3.05) is 21.3 Å². The van der Waals surface area contributed by atoms with Gasteiger partial charge >= 0.3 is 12.1 Å². The van der Waals surface area contributed by atoms with Crippen molar-refractivity contribution in [3.8, 4) is 28.4 Å². The maximum atomic E-state index is 13.7. The molecule has 4 rings (SSSR count). The number of aromatic hydroxyl groups is 2. The maximum absolute atomic E-state index is 13.7. The van der Waals surface area contributed by atoms with Gasteiger partial charge in [0.1, 0.15) is 30.5 Å². The number of phenolic OH excluding ortho intramolecular Hbond substituents is 2. The Morgan fingerprint density at radius 3 is 2.33 bits per heavy atom. The highest BCUT2D eigenvalue weighted by atomic mass is 16.6. The van der Waals surface area contributed by atoms with Crippen LogP contribution in [0.5, 0.6) is 17.2 Å². The molecule has 0 aromatic heterocycles. The number of hydrogen-bond donors (Lipinski definition) is 4. The van der Waals surface area contributed by atoms with Gasteiger partial charge in [0.2, 0.25) is 11.8 Å². The summed E-state index contributed by atoms with van der Waals surface area (Å²) in [5.74, 6) is -2.63. The second-order valence-corrected chi connectivity index (χ2v) is 10.0. The molecule has 226 valence electrons. The lowest BCUT2D eigenvalue weighted by atomic mass is 9.93. The Labute approximate surface area is 248 Å². The number of ether oxygens (including phenoxy) is 3. The molecule has 1 heterocycles. The van der Waals surface area contributed by atoms with E-state index in [9.17, 15) is 29.4 Å². The average Bonchev–Trinajstić information content (AvgIpc) is 2.99. The molecular weight excluding hydrogens is 558 g/mol. The van der Waals surface area contributed by atoms with Crippen LogP contribution < -0.4 is 15.4 Å². The minimum atomic E-state index is -1.32. The molecule has 3 atom stereocenters. The van der Waals surface area contributed by atoms with E-state index in [1.165, 1.54) is 52.5 Å². The Hall–Kier alpha value is -5.26. The molecule has 3 aromatic carbocycles.